The first-order valence-corrected chi connectivity index (χ1v) is 7.67. The Labute approximate surface area is 135 Å². The van der Waals surface area contributed by atoms with Gasteiger partial charge in [0.1, 0.15) is 5.82 Å². The van der Waals surface area contributed by atoms with Gasteiger partial charge in [-0.15, -0.1) is 0 Å². The second kappa shape index (κ2) is 6.93. The van der Waals surface area contributed by atoms with Crippen molar-refractivity contribution in [3.05, 3.63) is 42.2 Å². The van der Waals surface area contributed by atoms with Crippen molar-refractivity contribution in [2.75, 3.05) is 33.9 Å². The highest BCUT2D eigenvalue weighted by Gasteiger charge is 2.19. The van der Waals surface area contributed by atoms with Crippen LogP contribution in [0.3, 0.4) is 0 Å². The van der Waals surface area contributed by atoms with Crippen molar-refractivity contribution in [1.29, 1.82) is 0 Å². The number of hydrogen-bond donors (Lipinski definition) is 0. The molecular formula is C17H21N3O3. The van der Waals surface area contributed by atoms with Gasteiger partial charge < -0.3 is 18.9 Å². The number of likely N-dealkylation sites (N-methyl/N-ethyl adjacent to an activating group) is 1. The molecule has 0 radical (unpaired) electrons. The van der Waals surface area contributed by atoms with Gasteiger partial charge in [0.2, 0.25) is 0 Å². The van der Waals surface area contributed by atoms with Crippen LogP contribution in [0.2, 0.25) is 0 Å². The van der Waals surface area contributed by atoms with Gasteiger partial charge in [0, 0.05) is 31.0 Å². The Hall–Kier alpha value is -2.18. The highest BCUT2D eigenvalue weighted by atomic mass is 16.5. The summed E-state index contributed by atoms with van der Waals surface area (Å²) in [6.45, 7) is 3.36. The predicted octanol–water partition coefficient (Wildman–Crippen LogP) is 1.67. The van der Waals surface area contributed by atoms with Crippen LogP contribution in [-0.4, -0.2) is 60.4 Å². The van der Waals surface area contributed by atoms with E-state index >= 15 is 0 Å². The zero-order valence-electron chi connectivity index (χ0n) is 13.4. The molecule has 1 aromatic heterocycles. The highest BCUT2D eigenvalue weighted by Crippen LogP contribution is 2.20. The lowest BCUT2D eigenvalue weighted by atomic mass is 10.1. The summed E-state index contributed by atoms with van der Waals surface area (Å²) in [7, 11) is 3.48. The minimum atomic E-state index is -0.345. The van der Waals surface area contributed by atoms with E-state index in [1.165, 1.54) is 7.11 Å². The second-order valence-corrected chi connectivity index (χ2v) is 5.73. The number of carbonyl (C=O) groups excluding carboxylic acids is 1. The van der Waals surface area contributed by atoms with Crippen LogP contribution >= 0.6 is 0 Å². The molecule has 0 amide bonds. The van der Waals surface area contributed by atoms with Crippen LogP contribution in [0.15, 0.2) is 36.7 Å². The number of imidazole rings is 1. The lowest BCUT2D eigenvalue weighted by molar-refractivity contribution is -0.0272. The van der Waals surface area contributed by atoms with Crippen molar-refractivity contribution < 1.29 is 14.3 Å². The van der Waals surface area contributed by atoms with Gasteiger partial charge in [0.25, 0.3) is 0 Å². The van der Waals surface area contributed by atoms with E-state index < -0.39 is 0 Å². The fraction of sp³-hybridized carbons (Fsp3) is 0.412. The molecule has 6 heteroatoms. The molecule has 0 N–H and O–H groups in total. The first-order valence-electron chi connectivity index (χ1n) is 7.67. The number of rotatable bonds is 4. The highest BCUT2D eigenvalue weighted by molar-refractivity contribution is 5.90. The van der Waals surface area contributed by atoms with Crippen LogP contribution in [0.5, 0.6) is 0 Å². The van der Waals surface area contributed by atoms with E-state index in [1.807, 2.05) is 18.3 Å². The molecule has 1 fully saturated rings. The Balaban J connectivity index is 1.82. The molecule has 2 aromatic rings. The Morgan fingerprint density at radius 2 is 2.35 bits per heavy atom. The molecule has 0 aliphatic carbocycles. The van der Waals surface area contributed by atoms with Crippen LogP contribution in [0.25, 0.3) is 11.4 Å². The molecule has 1 aliphatic rings. The summed E-state index contributed by atoms with van der Waals surface area (Å²) in [5.41, 5.74) is 1.41. The summed E-state index contributed by atoms with van der Waals surface area (Å²) in [6, 6.07) is 7.32. The number of morpholine rings is 1. The molecule has 0 saturated carbocycles. The molecule has 23 heavy (non-hydrogen) atoms. The molecule has 1 atom stereocenters. The SMILES string of the molecule is COC(=O)c1cccc(-c2nccn2CC2CN(C)CCO2)c1. The number of benzene rings is 1. The monoisotopic (exact) mass is 315 g/mol. The summed E-state index contributed by atoms with van der Waals surface area (Å²) in [4.78, 5) is 18.4. The van der Waals surface area contributed by atoms with Gasteiger partial charge in [0.05, 0.1) is 31.9 Å². The fourth-order valence-electron chi connectivity index (χ4n) is 2.82. The largest absolute Gasteiger partial charge is 0.465 e. The summed E-state index contributed by atoms with van der Waals surface area (Å²) < 4.78 is 12.7. The maximum Gasteiger partial charge on any atom is 0.337 e. The van der Waals surface area contributed by atoms with Crippen LogP contribution in [-0.2, 0) is 16.0 Å². The summed E-state index contributed by atoms with van der Waals surface area (Å²) in [5, 5.41) is 0. The molecule has 6 nitrogen and oxygen atoms in total. The Morgan fingerprint density at radius 3 is 3.13 bits per heavy atom. The minimum absolute atomic E-state index is 0.144. The molecule has 1 aliphatic heterocycles. The van der Waals surface area contributed by atoms with Crippen molar-refractivity contribution in [1.82, 2.24) is 14.5 Å². The predicted molar refractivity (Wildman–Crippen MR) is 86.2 cm³/mol. The average Bonchev–Trinajstić information content (AvgIpc) is 3.02. The molecule has 1 saturated heterocycles. The fourth-order valence-corrected chi connectivity index (χ4v) is 2.82. The third kappa shape index (κ3) is 3.60. The average molecular weight is 315 g/mol. The van der Waals surface area contributed by atoms with E-state index in [2.05, 4.69) is 21.5 Å². The summed E-state index contributed by atoms with van der Waals surface area (Å²) in [6.07, 6.45) is 3.86. The first kappa shape index (κ1) is 15.7. The molecule has 2 heterocycles. The maximum absolute atomic E-state index is 11.7. The number of nitrogens with zero attached hydrogens (tertiary/aromatic N) is 3. The van der Waals surface area contributed by atoms with Gasteiger partial charge in [-0.05, 0) is 19.2 Å². The molecule has 3 rings (SSSR count). The molecule has 122 valence electrons. The Kier molecular flexibility index (Phi) is 4.73. The van der Waals surface area contributed by atoms with E-state index in [1.54, 1.807) is 18.3 Å². The molecule has 0 spiro atoms. The quantitative estimate of drug-likeness (QED) is 0.803. The molecule has 1 aromatic carbocycles. The molecule has 0 bridgehead atoms. The van der Waals surface area contributed by atoms with Gasteiger partial charge in [-0.3, -0.25) is 0 Å². The van der Waals surface area contributed by atoms with Gasteiger partial charge in [-0.2, -0.15) is 0 Å². The van der Waals surface area contributed by atoms with Crippen molar-refractivity contribution in [2.45, 2.75) is 12.6 Å². The number of carbonyl (C=O) groups is 1. The van der Waals surface area contributed by atoms with Crippen molar-refractivity contribution in [3.63, 3.8) is 0 Å². The van der Waals surface area contributed by atoms with E-state index in [0.29, 0.717) is 5.56 Å². The number of esters is 1. The van der Waals surface area contributed by atoms with Crippen LogP contribution in [0.1, 0.15) is 10.4 Å². The van der Waals surface area contributed by atoms with E-state index in [-0.39, 0.29) is 12.1 Å². The number of methoxy groups -OCH3 is 1. The van der Waals surface area contributed by atoms with Gasteiger partial charge in [0.15, 0.2) is 0 Å². The van der Waals surface area contributed by atoms with Gasteiger partial charge in [-0.1, -0.05) is 12.1 Å². The summed E-state index contributed by atoms with van der Waals surface area (Å²) in [5.74, 6) is 0.481. The molecular weight excluding hydrogens is 294 g/mol. The second-order valence-electron chi connectivity index (χ2n) is 5.73. The van der Waals surface area contributed by atoms with E-state index in [4.69, 9.17) is 9.47 Å². The van der Waals surface area contributed by atoms with Gasteiger partial charge in [-0.25, -0.2) is 9.78 Å². The smallest absolute Gasteiger partial charge is 0.337 e. The topological polar surface area (TPSA) is 56.6 Å². The van der Waals surface area contributed by atoms with Crippen LogP contribution in [0.4, 0.5) is 0 Å². The number of ether oxygens (including phenoxy) is 2. The zero-order valence-corrected chi connectivity index (χ0v) is 13.4. The molecule has 1 unspecified atom stereocenters. The van der Waals surface area contributed by atoms with Gasteiger partial charge >= 0.3 is 5.97 Å². The van der Waals surface area contributed by atoms with Crippen LogP contribution < -0.4 is 0 Å². The maximum atomic E-state index is 11.7. The summed E-state index contributed by atoms with van der Waals surface area (Å²) >= 11 is 0. The first-order chi connectivity index (χ1) is 11.2. The normalized spacial score (nSPS) is 18.8. The Bertz CT molecular complexity index is 683. The van der Waals surface area contributed by atoms with Crippen molar-refractivity contribution in [3.8, 4) is 11.4 Å². The van der Waals surface area contributed by atoms with E-state index in [0.717, 1.165) is 37.6 Å². The van der Waals surface area contributed by atoms with Crippen LogP contribution in [0, 0.1) is 0 Å². The number of aromatic nitrogens is 2. The Morgan fingerprint density at radius 1 is 1.48 bits per heavy atom. The third-order valence-corrected chi connectivity index (χ3v) is 4.00. The zero-order chi connectivity index (χ0) is 16.2. The lowest BCUT2D eigenvalue weighted by Crippen LogP contribution is -2.41. The lowest BCUT2D eigenvalue weighted by Gasteiger charge is -2.30. The van der Waals surface area contributed by atoms with Crippen molar-refractivity contribution >= 4 is 5.97 Å². The minimum Gasteiger partial charge on any atom is -0.465 e. The number of hydrogen-bond acceptors (Lipinski definition) is 5. The standard InChI is InChI=1S/C17H21N3O3/c1-19-8-9-23-15(11-19)12-20-7-6-18-16(20)13-4-3-5-14(10-13)17(21)22-2/h3-7,10,15H,8-9,11-12H2,1-2H3. The van der Waals surface area contributed by atoms with E-state index in [9.17, 15) is 4.79 Å². The third-order valence-electron chi connectivity index (χ3n) is 4.00. The van der Waals surface area contributed by atoms with Crippen molar-refractivity contribution in [2.24, 2.45) is 0 Å².